The van der Waals surface area contributed by atoms with Gasteiger partial charge in [-0.25, -0.2) is 0 Å². The topological polar surface area (TPSA) is 38.3 Å². The minimum Gasteiger partial charge on any atom is -0.491 e. The number of amides is 1. The van der Waals surface area contributed by atoms with Crippen molar-refractivity contribution >= 4 is 5.91 Å². The molecule has 1 N–H and O–H groups in total. The molecule has 3 heteroatoms. The summed E-state index contributed by atoms with van der Waals surface area (Å²) >= 11 is 0. The molecule has 1 aromatic rings. The Morgan fingerprint density at radius 2 is 2.31 bits per heavy atom. The second-order valence-corrected chi connectivity index (χ2v) is 3.69. The average Bonchev–Trinajstić information content (AvgIpc) is 2.25. The summed E-state index contributed by atoms with van der Waals surface area (Å²) in [5, 5.41) is 2.72. The third-order valence-electron chi connectivity index (χ3n) is 1.87. The van der Waals surface area contributed by atoms with Crippen molar-refractivity contribution in [3.8, 4) is 5.75 Å². The van der Waals surface area contributed by atoms with Crippen LogP contribution in [-0.4, -0.2) is 18.6 Å². The van der Waals surface area contributed by atoms with Crippen molar-refractivity contribution < 1.29 is 9.53 Å². The molecule has 3 nitrogen and oxygen atoms in total. The summed E-state index contributed by atoms with van der Waals surface area (Å²) in [5.74, 6) is 0.593. The highest BCUT2D eigenvalue weighted by Gasteiger charge is 2.05. The number of hydrogen-bond donors (Lipinski definition) is 1. The van der Waals surface area contributed by atoms with Gasteiger partial charge in [0.15, 0.2) is 0 Å². The molecule has 0 aliphatic carbocycles. The number of nitrogens with one attached hydrogen (secondary N) is 1. The van der Waals surface area contributed by atoms with E-state index in [0.717, 1.165) is 0 Å². The van der Waals surface area contributed by atoms with E-state index in [2.05, 4.69) is 11.9 Å². The van der Waals surface area contributed by atoms with Gasteiger partial charge in [-0.05, 0) is 32.0 Å². The predicted octanol–water partition coefficient (Wildman–Crippen LogP) is 2.39. The molecule has 0 aliphatic heterocycles. The monoisotopic (exact) mass is 219 g/mol. The molecule has 1 aromatic carbocycles. The fourth-order valence-electron chi connectivity index (χ4n) is 1.25. The van der Waals surface area contributed by atoms with E-state index in [0.29, 0.717) is 17.9 Å². The maximum Gasteiger partial charge on any atom is 0.251 e. The second-order valence-electron chi connectivity index (χ2n) is 3.69. The molecule has 86 valence electrons. The van der Waals surface area contributed by atoms with Gasteiger partial charge < -0.3 is 10.1 Å². The molecule has 0 atom stereocenters. The summed E-state index contributed by atoms with van der Waals surface area (Å²) < 4.78 is 5.51. The Balaban J connectivity index is 2.73. The lowest BCUT2D eigenvalue weighted by molar-refractivity contribution is 0.0957. The van der Waals surface area contributed by atoms with Gasteiger partial charge in [-0.15, -0.1) is 6.58 Å². The first-order chi connectivity index (χ1) is 7.63. The number of ether oxygens (including phenoxy) is 1. The Hall–Kier alpha value is -1.77. The maximum absolute atomic E-state index is 11.6. The van der Waals surface area contributed by atoms with Crippen LogP contribution in [0.2, 0.25) is 0 Å². The largest absolute Gasteiger partial charge is 0.491 e. The van der Waals surface area contributed by atoms with Crippen LogP contribution in [0.1, 0.15) is 24.2 Å². The smallest absolute Gasteiger partial charge is 0.251 e. The quantitative estimate of drug-likeness (QED) is 0.772. The highest BCUT2D eigenvalue weighted by molar-refractivity contribution is 5.94. The lowest BCUT2D eigenvalue weighted by Gasteiger charge is -2.10. The van der Waals surface area contributed by atoms with Crippen molar-refractivity contribution in [2.45, 2.75) is 20.0 Å². The molecule has 0 fully saturated rings. The van der Waals surface area contributed by atoms with E-state index in [1.165, 1.54) is 0 Å². The molecule has 0 spiro atoms. The molecule has 0 heterocycles. The lowest BCUT2D eigenvalue weighted by Crippen LogP contribution is -2.23. The number of hydrogen-bond acceptors (Lipinski definition) is 2. The van der Waals surface area contributed by atoms with Crippen molar-refractivity contribution in [3.63, 3.8) is 0 Å². The molecule has 0 bridgehead atoms. The third-order valence-corrected chi connectivity index (χ3v) is 1.87. The summed E-state index contributed by atoms with van der Waals surface area (Å²) in [4.78, 5) is 11.6. The highest BCUT2D eigenvalue weighted by atomic mass is 16.5. The second kappa shape index (κ2) is 5.95. The Kier molecular flexibility index (Phi) is 4.58. The van der Waals surface area contributed by atoms with Crippen LogP contribution in [0.3, 0.4) is 0 Å². The van der Waals surface area contributed by atoms with Gasteiger partial charge in [-0.1, -0.05) is 12.1 Å². The first-order valence-corrected chi connectivity index (χ1v) is 5.29. The Labute approximate surface area is 96.1 Å². The molecular weight excluding hydrogens is 202 g/mol. The first-order valence-electron chi connectivity index (χ1n) is 5.29. The van der Waals surface area contributed by atoms with Gasteiger partial charge in [0.05, 0.1) is 6.10 Å². The number of benzene rings is 1. The molecule has 0 aliphatic rings. The van der Waals surface area contributed by atoms with E-state index < -0.39 is 0 Å². The Bertz CT molecular complexity index is 372. The van der Waals surface area contributed by atoms with Crippen molar-refractivity contribution in [2.24, 2.45) is 0 Å². The van der Waals surface area contributed by atoms with Crippen molar-refractivity contribution in [2.75, 3.05) is 6.54 Å². The van der Waals surface area contributed by atoms with E-state index in [-0.39, 0.29) is 12.0 Å². The van der Waals surface area contributed by atoms with Gasteiger partial charge in [0.2, 0.25) is 0 Å². The third kappa shape index (κ3) is 3.77. The minimum absolute atomic E-state index is 0.103. The summed E-state index contributed by atoms with van der Waals surface area (Å²) in [5.41, 5.74) is 0.597. The van der Waals surface area contributed by atoms with Crippen molar-refractivity contribution in [3.05, 3.63) is 42.5 Å². The average molecular weight is 219 g/mol. The van der Waals surface area contributed by atoms with Gasteiger partial charge in [0, 0.05) is 12.1 Å². The summed E-state index contributed by atoms with van der Waals surface area (Å²) in [6.07, 6.45) is 1.75. The highest BCUT2D eigenvalue weighted by Crippen LogP contribution is 2.14. The molecule has 1 rings (SSSR count). The first kappa shape index (κ1) is 12.3. The standard InChI is InChI=1S/C13H17NO2/c1-4-8-14-13(15)11-6-5-7-12(9-11)16-10(2)3/h4-7,9-10H,1,8H2,2-3H3,(H,14,15). The van der Waals surface area contributed by atoms with E-state index in [1.807, 2.05) is 19.9 Å². The fraction of sp³-hybridized carbons (Fsp3) is 0.308. The summed E-state index contributed by atoms with van der Waals surface area (Å²) in [6, 6.07) is 7.13. The van der Waals surface area contributed by atoms with Crippen LogP contribution in [0.5, 0.6) is 5.75 Å². The molecule has 0 unspecified atom stereocenters. The SMILES string of the molecule is C=CCNC(=O)c1cccc(OC(C)C)c1. The van der Waals surface area contributed by atoms with E-state index >= 15 is 0 Å². The molecule has 16 heavy (non-hydrogen) atoms. The number of carbonyl (C=O) groups is 1. The zero-order valence-electron chi connectivity index (χ0n) is 9.69. The Morgan fingerprint density at radius 3 is 2.94 bits per heavy atom. The van der Waals surface area contributed by atoms with Crippen LogP contribution < -0.4 is 10.1 Å². The van der Waals surface area contributed by atoms with Crippen molar-refractivity contribution in [1.29, 1.82) is 0 Å². The van der Waals surface area contributed by atoms with Gasteiger partial charge in [0.25, 0.3) is 5.91 Å². The minimum atomic E-state index is -0.117. The van der Waals surface area contributed by atoms with E-state index in [1.54, 1.807) is 24.3 Å². The molecule has 1 amide bonds. The van der Waals surface area contributed by atoms with Crippen LogP contribution in [-0.2, 0) is 0 Å². The van der Waals surface area contributed by atoms with Crippen molar-refractivity contribution in [1.82, 2.24) is 5.32 Å². The zero-order chi connectivity index (χ0) is 12.0. The van der Waals surface area contributed by atoms with E-state index in [9.17, 15) is 4.79 Å². The van der Waals surface area contributed by atoms with Crippen LogP contribution in [0.25, 0.3) is 0 Å². The normalized spacial score (nSPS) is 9.94. The summed E-state index contributed by atoms with van der Waals surface area (Å²) in [7, 11) is 0. The molecular formula is C13H17NO2. The van der Waals surface area contributed by atoms with Crippen LogP contribution in [0.15, 0.2) is 36.9 Å². The summed E-state index contributed by atoms with van der Waals surface area (Å²) in [6.45, 7) is 7.91. The molecule has 0 aromatic heterocycles. The molecule has 0 saturated carbocycles. The molecule has 0 radical (unpaired) electrons. The maximum atomic E-state index is 11.6. The van der Waals surface area contributed by atoms with E-state index in [4.69, 9.17) is 4.74 Å². The van der Waals surface area contributed by atoms with Gasteiger partial charge >= 0.3 is 0 Å². The fourth-order valence-corrected chi connectivity index (χ4v) is 1.25. The Morgan fingerprint density at radius 1 is 1.56 bits per heavy atom. The van der Waals surface area contributed by atoms with Crippen LogP contribution in [0, 0.1) is 0 Å². The number of carbonyl (C=O) groups excluding carboxylic acids is 1. The molecule has 0 saturated heterocycles. The van der Waals surface area contributed by atoms with Gasteiger partial charge in [-0.2, -0.15) is 0 Å². The van der Waals surface area contributed by atoms with Gasteiger partial charge in [0.1, 0.15) is 5.75 Å². The van der Waals surface area contributed by atoms with Crippen LogP contribution >= 0.6 is 0 Å². The number of rotatable bonds is 5. The van der Waals surface area contributed by atoms with Gasteiger partial charge in [-0.3, -0.25) is 4.79 Å². The lowest BCUT2D eigenvalue weighted by atomic mass is 10.2. The van der Waals surface area contributed by atoms with Crippen LogP contribution in [0.4, 0.5) is 0 Å². The zero-order valence-corrected chi connectivity index (χ0v) is 9.69. The predicted molar refractivity (Wildman–Crippen MR) is 64.7 cm³/mol.